The van der Waals surface area contributed by atoms with Gasteiger partial charge in [0.2, 0.25) is 0 Å². The molecule has 1 aromatic carbocycles. The first kappa shape index (κ1) is 14.5. The summed E-state index contributed by atoms with van der Waals surface area (Å²) in [4.78, 5) is 4.42. The smallest absolute Gasteiger partial charge is 0.146 e. The van der Waals surface area contributed by atoms with E-state index in [-0.39, 0.29) is 5.82 Å². The Labute approximate surface area is 131 Å². The minimum Gasteiger partial charge on any atom is -0.489 e. The summed E-state index contributed by atoms with van der Waals surface area (Å²) in [6.45, 7) is 0.823. The first-order valence-corrected chi connectivity index (χ1v) is 7.63. The minimum absolute atomic E-state index is 0.353. The molecule has 6 heteroatoms. The predicted octanol–water partition coefficient (Wildman–Crippen LogP) is 3.68. The summed E-state index contributed by atoms with van der Waals surface area (Å²) in [5.41, 5.74) is 1.84. The molecule has 0 amide bonds. The lowest BCUT2D eigenvalue weighted by atomic mass is 10.2. The molecule has 1 aliphatic rings. The molecule has 21 heavy (non-hydrogen) atoms. The summed E-state index contributed by atoms with van der Waals surface area (Å²) in [7, 11) is 1.60. The van der Waals surface area contributed by atoms with E-state index >= 15 is 0 Å². The Morgan fingerprint density at radius 2 is 2.19 bits per heavy atom. The molecule has 2 aromatic rings. The van der Waals surface area contributed by atoms with E-state index in [0.29, 0.717) is 29.4 Å². The van der Waals surface area contributed by atoms with E-state index in [2.05, 4.69) is 20.9 Å². The molecule has 0 radical (unpaired) electrons. The molecule has 1 aromatic heterocycles. The van der Waals surface area contributed by atoms with Gasteiger partial charge in [-0.05, 0) is 34.8 Å². The van der Waals surface area contributed by atoms with Gasteiger partial charge in [0, 0.05) is 25.3 Å². The van der Waals surface area contributed by atoms with Crippen molar-refractivity contribution in [1.29, 1.82) is 0 Å². The quantitative estimate of drug-likeness (QED) is 0.742. The second kappa shape index (κ2) is 6.15. The normalized spacial score (nSPS) is 14.4. The average Bonchev–Trinajstić information content (AvgIpc) is 3.21. The SMILES string of the molecule is COCCOc1cc(F)c(Br)cc1-n1cnc(C2CC2)c1. The van der Waals surface area contributed by atoms with Crippen LogP contribution in [0.15, 0.2) is 29.1 Å². The Morgan fingerprint density at radius 3 is 2.90 bits per heavy atom. The van der Waals surface area contributed by atoms with Crippen LogP contribution in [0.4, 0.5) is 4.39 Å². The van der Waals surface area contributed by atoms with Gasteiger partial charge in [-0.1, -0.05) is 0 Å². The summed E-state index contributed by atoms with van der Waals surface area (Å²) >= 11 is 3.22. The lowest BCUT2D eigenvalue weighted by molar-refractivity contribution is 0.146. The maximum Gasteiger partial charge on any atom is 0.146 e. The second-order valence-electron chi connectivity index (χ2n) is 5.06. The van der Waals surface area contributed by atoms with Crippen LogP contribution in [0, 0.1) is 5.82 Å². The van der Waals surface area contributed by atoms with Crippen LogP contribution in [-0.4, -0.2) is 29.9 Å². The third-order valence-electron chi connectivity index (χ3n) is 3.42. The van der Waals surface area contributed by atoms with Crippen molar-refractivity contribution in [2.24, 2.45) is 0 Å². The number of benzene rings is 1. The van der Waals surface area contributed by atoms with Crippen LogP contribution in [0.2, 0.25) is 0 Å². The van der Waals surface area contributed by atoms with Crippen LogP contribution >= 0.6 is 15.9 Å². The molecule has 1 fully saturated rings. The molecule has 3 rings (SSSR count). The number of rotatable bonds is 6. The number of hydrogen-bond donors (Lipinski definition) is 0. The number of nitrogens with zero attached hydrogens (tertiary/aromatic N) is 2. The van der Waals surface area contributed by atoms with Gasteiger partial charge >= 0.3 is 0 Å². The van der Waals surface area contributed by atoms with E-state index in [0.717, 1.165) is 11.4 Å². The van der Waals surface area contributed by atoms with Gasteiger partial charge in [-0.25, -0.2) is 9.37 Å². The van der Waals surface area contributed by atoms with Crippen molar-refractivity contribution in [1.82, 2.24) is 9.55 Å². The highest BCUT2D eigenvalue weighted by molar-refractivity contribution is 9.10. The third kappa shape index (κ3) is 3.27. The largest absolute Gasteiger partial charge is 0.489 e. The summed E-state index contributed by atoms with van der Waals surface area (Å²) in [5.74, 6) is 0.703. The molecule has 1 saturated carbocycles. The van der Waals surface area contributed by atoms with E-state index in [1.807, 2.05) is 10.8 Å². The summed E-state index contributed by atoms with van der Waals surface area (Å²) in [6.07, 6.45) is 6.12. The molecular formula is C15H16BrFN2O2. The highest BCUT2D eigenvalue weighted by Crippen LogP contribution is 2.39. The van der Waals surface area contributed by atoms with Gasteiger partial charge in [-0.2, -0.15) is 0 Å². The highest BCUT2D eigenvalue weighted by Gasteiger charge is 2.26. The van der Waals surface area contributed by atoms with Gasteiger partial charge in [0.1, 0.15) is 18.2 Å². The zero-order valence-corrected chi connectivity index (χ0v) is 13.3. The van der Waals surface area contributed by atoms with Gasteiger partial charge in [-0.3, -0.25) is 0 Å². The van der Waals surface area contributed by atoms with E-state index in [9.17, 15) is 4.39 Å². The molecule has 0 saturated heterocycles. The predicted molar refractivity (Wildman–Crippen MR) is 80.6 cm³/mol. The number of aromatic nitrogens is 2. The van der Waals surface area contributed by atoms with Crippen molar-refractivity contribution < 1.29 is 13.9 Å². The standard InChI is InChI=1S/C15H16BrFN2O2/c1-20-4-5-21-15-7-12(17)11(16)6-14(15)19-8-13(18-9-19)10-2-3-10/h6-10H,2-5H2,1H3. The van der Waals surface area contributed by atoms with Crippen LogP contribution in [-0.2, 0) is 4.74 Å². The van der Waals surface area contributed by atoms with Crippen molar-refractivity contribution in [3.8, 4) is 11.4 Å². The van der Waals surface area contributed by atoms with Crippen molar-refractivity contribution in [3.63, 3.8) is 0 Å². The first-order valence-electron chi connectivity index (χ1n) is 6.84. The summed E-state index contributed by atoms with van der Waals surface area (Å²) in [5, 5.41) is 0. The number of imidazole rings is 1. The van der Waals surface area contributed by atoms with Gasteiger partial charge in [0.15, 0.2) is 0 Å². The molecule has 1 aliphatic carbocycles. The topological polar surface area (TPSA) is 36.3 Å². The Kier molecular flexibility index (Phi) is 4.26. The molecular weight excluding hydrogens is 339 g/mol. The maximum atomic E-state index is 13.7. The highest BCUT2D eigenvalue weighted by atomic mass is 79.9. The fraction of sp³-hybridized carbons (Fsp3) is 0.400. The molecule has 0 atom stereocenters. The summed E-state index contributed by atoms with van der Waals surface area (Å²) < 4.78 is 26.6. The van der Waals surface area contributed by atoms with Crippen molar-refractivity contribution in [2.45, 2.75) is 18.8 Å². The minimum atomic E-state index is -0.353. The fourth-order valence-corrected chi connectivity index (χ4v) is 2.46. The molecule has 0 bridgehead atoms. The van der Waals surface area contributed by atoms with Crippen molar-refractivity contribution in [2.75, 3.05) is 20.3 Å². The Morgan fingerprint density at radius 1 is 1.38 bits per heavy atom. The molecule has 0 unspecified atom stereocenters. The zero-order valence-electron chi connectivity index (χ0n) is 11.7. The lowest BCUT2D eigenvalue weighted by Crippen LogP contribution is -2.07. The Bertz CT molecular complexity index is 641. The van der Waals surface area contributed by atoms with Crippen molar-refractivity contribution in [3.05, 3.63) is 40.6 Å². The first-order chi connectivity index (χ1) is 10.2. The van der Waals surface area contributed by atoms with Gasteiger partial charge in [-0.15, -0.1) is 0 Å². The van der Waals surface area contributed by atoms with Gasteiger partial charge < -0.3 is 14.0 Å². The number of hydrogen-bond acceptors (Lipinski definition) is 3. The molecule has 4 nitrogen and oxygen atoms in total. The second-order valence-corrected chi connectivity index (χ2v) is 5.91. The molecule has 0 aliphatic heterocycles. The van der Waals surface area contributed by atoms with Crippen LogP contribution in [0.3, 0.4) is 0 Å². The van der Waals surface area contributed by atoms with E-state index in [1.54, 1.807) is 19.5 Å². The fourth-order valence-electron chi connectivity index (χ4n) is 2.13. The van der Waals surface area contributed by atoms with Crippen LogP contribution in [0.25, 0.3) is 5.69 Å². The van der Waals surface area contributed by atoms with Crippen molar-refractivity contribution >= 4 is 15.9 Å². The van der Waals surface area contributed by atoms with Crippen LogP contribution < -0.4 is 4.74 Å². The average molecular weight is 355 g/mol. The van der Waals surface area contributed by atoms with E-state index in [1.165, 1.54) is 18.9 Å². The molecule has 0 N–H and O–H groups in total. The van der Waals surface area contributed by atoms with E-state index in [4.69, 9.17) is 9.47 Å². The van der Waals surface area contributed by atoms with Crippen LogP contribution in [0.1, 0.15) is 24.5 Å². The third-order valence-corrected chi connectivity index (χ3v) is 4.03. The van der Waals surface area contributed by atoms with Crippen LogP contribution in [0.5, 0.6) is 5.75 Å². The lowest BCUT2D eigenvalue weighted by Gasteiger charge is -2.13. The Hall–Kier alpha value is -1.40. The maximum absolute atomic E-state index is 13.7. The molecule has 0 spiro atoms. The van der Waals surface area contributed by atoms with Gasteiger partial charge in [0.05, 0.1) is 28.8 Å². The number of halogens is 2. The number of ether oxygens (including phenoxy) is 2. The molecule has 1 heterocycles. The monoisotopic (exact) mass is 354 g/mol. The van der Waals surface area contributed by atoms with Gasteiger partial charge in [0.25, 0.3) is 0 Å². The summed E-state index contributed by atoms with van der Waals surface area (Å²) in [6, 6.07) is 3.09. The zero-order chi connectivity index (χ0) is 14.8. The van der Waals surface area contributed by atoms with E-state index < -0.39 is 0 Å². The Balaban J connectivity index is 1.91. The number of methoxy groups -OCH3 is 1. The molecule has 112 valence electrons.